The van der Waals surface area contributed by atoms with Crippen molar-refractivity contribution < 1.29 is 9.59 Å². The largest absolute Gasteiger partial charge is 0.370 e. The van der Waals surface area contributed by atoms with Gasteiger partial charge in [0.25, 0.3) is 5.91 Å². The first-order chi connectivity index (χ1) is 11.4. The number of nitrogens with zero attached hydrogens (tertiary/aromatic N) is 3. The Bertz CT molecular complexity index is 692. The smallest absolute Gasteiger partial charge is 0.329 e. The van der Waals surface area contributed by atoms with Gasteiger partial charge in [-0.1, -0.05) is 25.0 Å². The Morgan fingerprint density at radius 1 is 1.33 bits per heavy atom. The van der Waals surface area contributed by atoms with Crippen molar-refractivity contribution in [2.24, 2.45) is 10.7 Å². The molecule has 24 heavy (non-hydrogen) atoms. The molecule has 3 N–H and O–H groups in total. The number of benzene rings is 1. The van der Waals surface area contributed by atoms with Crippen molar-refractivity contribution in [3.63, 3.8) is 0 Å². The van der Waals surface area contributed by atoms with Gasteiger partial charge in [-0.25, -0.2) is 14.7 Å². The molecule has 3 amide bonds. The van der Waals surface area contributed by atoms with Crippen LogP contribution in [0.4, 0.5) is 10.5 Å². The molecule has 1 saturated heterocycles. The summed E-state index contributed by atoms with van der Waals surface area (Å²) in [7, 11) is 3.65. The lowest BCUT2D eigenvalue weighted by molar-refractivity contribution is -0.121. The molecule has 7 nitrogen and oxygen atoms in total. The number of carbonyl (C=O) groups is 2. The molecule has 1 aromatic carbocycles. The lowest BCUT2D eigenvalue weighted by Crippen LogP contribution is -2.44. The van der Waals surface area contributed by atoms with Crippen molar-refractivity contribution in [2.45, 2.75) is 37.8 Å². The second kappa shape index (κ2) is 6.14. The minimum absolute atomic E-state index is 0.140. The van der Waals surface area contributed by atoms with Crippen LogP contribution in [0.2, 0.25) is 0 Å². The lowest BCUT2D eigenvalue weighted by atomic mass is 9.98. The molecule has 3 rings (SSSR count). The predicted octanol–water partition coefficient (Wildman–Crippen LogP) is 1.43. The summed E-state index contributed by atoms with van der Waals surface area (Å²) in [5, 5.41) is 2.90. The highest BCUT2D eigenvalue weighted by Gasteiger charge is 2.52. The van der Waals surface area contributed by atoms with Crippen LogP contribution in [0.1, 0.15) is 31.2 Å². The molecular formula is C17H23N5O2. The van der Waals surface area contributed by atoms with Crippen molar-refractivity contribution in [2.75, 3.05) is 19.0 Å². The van der Waals surface area contributed by atoms with Gasteiger partial charge in [-0.3, -0.25) is 4.79 Å². The van der Waals surface area contributed by atoms with Crippen LogP contribution in [0.15, 0.2) is 29.3 Å². The number of urea groups is 1. The number of hydrogen-bond donors (Lipinski definition) is 2. The molecular weight excluding hydrogens is 306 g/mol. The second-order valence-corrected chi connectivity index (χ2v) is 6.60. The average molecular weight is 329 g/mol. The number of imide groups is 1. The van der Waals surface area contributed by atoms with Gasteiger partial charge in [0.2, 0.25) is 0 Å². The van der Waals surface area contributed by atoms with Crippen LogP contribution < -0.4 is 16.0 Å². The van der Waals surface area contributed by atoms with Crippen molar-refractivity contribution in [1.29, 1.82) is 0 Å². The Hall–Kier alpha value is -2.57. The zero-order valence-electron chi connectivity index (χ0n) is 14.1. The molecule has 2 aliphatic rings. The monoisotopic (exact) mass is 329 g/mol. The van der Waals surface area contributed by atoms with E-state index in [4.69, 9.17) is 5.73 Å². The molecule has 2 fully saturated rings. The van der Waals surface area contributed by atoms with Crippen molar-refractivity contribution in [1.82, 2.24) is 10.2 Å². The van der Waals surface area contributed by atoms with Crippen molar-refractivity contribution in [3.8, 4) is 0 Å². The lowest BCUT2D eigenvalue weighted by Gasteiger charge is -2.20. The van der Waals surface area contributed by atoms with E-state index in [1.54, 1.807) is 11.0 Å². The number of rotatable bonds is 3. The molecule has 0 unspecified atom stereocenters. The molecule has 0 aromatic heterocycles. The number of nitrogens with one attached hydrogen (secondary N) is 1. The zero-order valence-corrected chi connectivity index (χ0v) is 14.1. The summed E-state index contributed by atoms with van der Waals surface area (Å²) in [6.07, 6.45) is 3.38. The Kier molecular flexibility index (Phi) is 4.17. The quantitative estimate of drug-likeness (QED) is 0.499. The first kappa shape index (κ1) is 16.3. The Labute approximate surface area is 141 Å². The third-order valence-electron chi connectivity index (χ3n) is 4.67. The summed E-state index contributed by atoms with van der Waals surface area (Å²) in [5.41, 5.74) is 6.58. The molecule has 1 heterocycles. The summed E-state index contributed by atoms with van der Waals surface area (Å²) in [4.78, 5) is 32.4. The van der Waals surface area contributed by atoms with Crippen LogP contribution in [-0.4, -0.2) is 42.4 Å². The van der Waals surface area contributed by atoms with Crippen LogP contribution in [0, 0.1) is 0 Å². The molecule has 1 aromatic rings. The summed E-state index contributed by atoms with van der Waals surface area (Å²) in [6.45, 7) is 0.395. The fraction of sp³-hybridized carbons (Fsp3) is 0.471. The van der Waals surface area contributed by atoms with Gasteiger partial charge in [0, 0.05) is 14.1 Å². The summed E-state index contributed by atoms with van der Waals surface area (Å²) < 4.78 is 0. The van der Waals surface area contributed by atoms with Crippen molar-refractivity contribution in [3.05, 3.63) is 29.8 Å². The number of guanidine groups is 1. The molecule has 7 heteroatoms. The number of nitrogens with two attached hydrogens (primary N) is 1. The van der Waals surface area contributed by atoms with Gasteiger partial charge in [0.05, 0.1) is 12.2 Å². The highest BCUT2D eigenvalue weighted by atomic mass is 16.2. The van der Waals surface area contributed by atoms with Crippen LogP contribution >= 0.6 is 0 Å². The summed E-state index contributed by atoms with van der Waals surface area (Å²) in [6, 6.07) is 6.98. The molecule has 1 spiro atoms. The number of amides is 3. The molecule has 1 aliphatic carbocycles. The number of hydrogen-bond acceptors (Lipinski definition) is 3. The van der Waals surface area contributed by atoms with Gasteiger partial charge >= 0.3 is 6.03 Å². The van der Waals surface area contributed by atoms with Crippen LogP contribution in [-0.2, 0) is 11.3 Å². The van der Waals surface area contributed by atoms with Crippen LogP contribution in [0.25, 0.3) is 0 Å². The minimum atomic E-state index is -0.694. The fourth-order valence-electron chi connectivity index (χ4n) is 3.28. The Balaban J connectivity index is 1.82. The maximum absolute atomic E-state index is 12.8. The number of aliphatic imine (C=N–C) groups is 1. The first-order valence-electron chi connectivity index (χ1n) is 8.16. The molecule has 0 radical (unpaired) electrons. The molecule has 1 saturated carbocycles. The summed E-state index contributed by atoms with van der Waals surface area (Å²) >= 11 is 0. The van der Waals surface area contributed by atoms with Gasteiger partial charge in [0.1, 0.15) is 5.54 Å². The zero-order chi connectivity index (χ0) is 17.3. The Morgan fingerprint density at radius 3 is 2.71 bits per heavy atom. The SMILES string of the molecule is CN(C)C(N)=NCc1cccc(N2C(=O)NC3(CCCC3)C2=O)c1. The fourth-order valence-corrected chi connectivity index (χ4v) is 3.28. The van der Waals surface area contributed by atoms with Gasteiger partial charge in [-0.2, -0.15) is 0 Å². The van der Waals surface area contributed by atoms with E-state index in [2.05, 4.69) is 10.3 Å². The van der Waals surface area contributed by atoms with E-state index in [0.717, 1.165) is 31.2 Å². The highest BCUT2D eigenvalue weighted by molar-refractivity contribution is 6.23. The average Bonchev–Trinajstić information content (AvgIpc) is 3.11. The van der Waals surface area contributed by atoms with E-state index in [9.17, 15) is 9.59 Å². The predicted molar refractivity (Wildman–Crippen MR) is 92.7 cm³/mol. The van der Waals surface area contributed by atoms with Crippen LogP contribution in [0.3, 0.4) is 0 Å². The summed E-state index contributed by atoms with van der Waals surface area (Å²) in [5.74, 6) is 0.291. The second-order valence-electron chi connectivity index (χ2n) is 6.60. The third-order valence-corrected chi connectivity index (χ3v) is 4.67. The molecule has 0 atom stereocenters. The first-order valence-corrected chi connectivity index (χ1v) is 8.16. The standard InChI is InChI=1S/C17H23N5O2/c1-21(2)15(18)19-11-12-6-5-7-13(10-12)22-14(23)17(20-16(22)24)8-3-4-9-17/h5-7,10H,3-4,8-9,11H2,1-2H3,(H2,18,19)(H,20,24). The normalized spacial score (nSPS) is 19.9. The van der Waals surface area contributed by atoms with Gasteiger partial charge in [-0.05, 0) is 30.5 Å². The van der Waals surface area contributed by atoms with Gasteiger partial charge in [0.15, 0.2) is 5.96 Å². The maximum atomic E-state index is 12.8. The van der Waals surface area contributed by atoms with Gasteiger partial charge < -0.3 is 16.0 Å². The maximum Gasteiger partial charge on any atom is 0.329 e. The van der Waals surface area contributed by atoms with Crippen LogP contribution in [0.5, 0.6) is 0 Å². The molecule has 128 valence electrons. The minimum Gasteiger partial charge on any atom is -0.370 e. The van der Waals surface area contributed by atoms with E-state index in [-0.39, 0.29) is 11.9 Å². The van der Waals surface area contributed by atoms with Gasteiger partial charge in [-0.15, -0.1) is 0 Å². The third kappa shape index (κ3) is 2.81. The topological polar surface area (TPSA) is 91.0 Å². The van der Waals surface area contributed by atoms with E-state index >= 15 is 0 Å². The molecule has 1 aliphatic heterocycles. The van der Waals surface area contributed by atoms with E-state index in [0.29, 0.717) is 18.2 Å². The van der Waals surface area contributed by atoms with E-state index in [1.165, 1.54) is 4.90 Å². The van der Waals surface area contributed by atoms with Crippen molar-refractivity contribution >= 4 is 23.6 Å². The number of anilines is 1. The Morgan fingerprint density at radius 2 is 2.04 bits per heavy atom. The van der Waals surface area contributed by atoms with E-state index in [1.807, 2.05) is 32.3 Å². The van der Waals surface area contributed by atoms with E-state index < -0.39 is 5.54 Å². The highest BCUT2D eigenvalue weighted by Crippen LogP contribution is 2.37. The number of carbonyl (C=O) groups excluding carboxylic acids is 2. The molecule has 0 bridgehead atoms.